The van der Waals surface area contributed by atoms with Crippen molar-refractivity contribution in [3.63, 3.8) is 0 Å². The summed E-state index contributed by atoms with van der Waals surface area (Å²) in [5.74, 6) is -0.853. The van der Waals surface area contributed by atoms with Gasteiger partial charge in [0.25, 0.3) is 0 Å². The molecule has 2 aromatic rings. The number of nitrogens with zero attached hydrogens (tertiary/aromatic N) is 3. The van der Waals surface area contributed by atoms with E-state index in [1.165, 1.54) is 6.08 Å². The molecule has 0 aliphatic carbocycles. The van der Waals surface area contributed by atoms with Crippen molar-refractivity contribution >= 4 is 23.3 Å². The van der Waals surface area contributed by atoms with E-state index in [4.69, 9.17) is 22.1 Å². The van der Waals surface area contributed by atoms with Crippen molar-refractivity contribution in [1.82, 2.24) is 14.9 Å². The molecule has 1 amide bonds. The van der Waals surface area contributed by atoms with Crippen LogP contribution in [0, 0.1) is 5.95 Å². The van der Waals surface area contributed by atoms with Crippen molar-refractivity contribution in [2.45, 2.75) is 6.04 Å². The van der Waals surface area contributed by atoms with Crippen molar-refractivity contribution in [1.29, 1.82) is 0 Å². The molecule has 1 aliphatic heterocycles. The Bertz CT molecular complexity index is 830. The maximum absolute atomic E-state index is 14.0. The molecule has 2 N–H and O–H groups in total. The number of amides is 1. The van der Waals surface area contributed by atoms with Crippen molar-refractivity contribution in [2.24, 2.45) is 0 Å². The van der Waals surface area contributed by atoms with Crippen LogP contribution in [0.5, 0.6) is 0 Å². The molecule has 0 bridgehead atoms. The summed E-state index contributed by atoms with van der Waals surface area (Å²) in [6.45, 7) is 4.72. The number of rotatable bonds is 3. The summed E-state index contributed by atoms with van der Waals surface area (Å²) in [6, 6.07) is 4.64. The van der Waals surface area contributed by atoms with Gasteiger partial charge in [0.1, 0.15) is 11.5 Å². The zero-order valence-electron chi connectivity index (χ0n) is 13.3. The van der Waals surface area contributed by atoms with E-state index in [2.05, 4.69) is 16.5 Å². The minimum absolute atomic E-state index is 0.00192. The molecule has 1 aliphatic rings. The second-order valence-electron chi connectivity index (χ2n) is 5.53. The smallest absolute Gasteiger partial charge is 0.246 e. The number of carbonyl (C=O) groups is 1. The highest BCUT2D eigenvalue weighted by Crippen LogP contribution is 2.32. The lowest BCUT2D eigenvalue weighted by Gasteiger charge is -2.35. The van der Waals surface area contributed by atoms with E-state index < -0.39 is 5.95 Å². The fraction of sp³-hybridized carbons (Fsp3) is 0.235. The summed E-state index contributed by atoms with van der Waals surface area (Å²) in [6.07, 6.45) is 2.40. The first kappa shape index (κ1) is 17.3. The first-order valence-corrected chi connectivity index (χ1v) is 7.97. The third-order valence-electron chi connectivity index (χ3n) is 3.91. The zero-order valence-corrected chi connectivity index (χ0v) is 14.0. The van der Waals surface area contributed by atoms with Gasteiger partial charge in [-0.05, 0) is 29.8 Å². The lowest BCUT2D eigenvalue weighted by Crippen LogP contribution is -2.42. The highest BCUT2D eigenvalue weighted by molar-refractivity contribution is 6.31. The molecule has 1 atom stereocenters. The monoisotopic (exact) mass is 362 g/mol. The SMILES string of the molecule is C=CC(=O)N1CCOC[C@H]1c1cc(Cl)cc(-c2nc(N)cnc2F)c1. The summed E-state index contributed by atoms with van der Waals surface area (Å²) in [5.41, 5.74) is 6.74. The summed E-state index contributed by atoms with van der Waals surface area (Å²) in [5, 5.41) is 0.382. The molecule has 0 spiro atoms. The standard InChI is InChI=1S/C17H16ClFN4O2/c1-2-15(24)23-3-4-25-9-13(23)10-5-11(7-12(18)6-10)16-17(19)21-8-14(20)22-16/h2,5-8,13H,1,3-4,9H2,(H2,20,22)/t13-/m0/s1. The Morgan fingerprint density at radius 2 is 2.28 bits per heavy atom. The van der Waals surface area contributed by atoms with Crippen molar-refractivity contribution in [3.05, 3.63) is 53.6 Å². The Balaban J connectivity index is 2.05. The molecular weight excluding hydrogens is 347 g/mol. The maximum Gasteiger partial charge on any atom is 0.246 e. The number of morpholine rings is 1. The van der Waals surface area contributed by atoms with Crippen LogP contribution >= 0.6 is 11.6 Å². The number of carbonyl (C=O) groups excluding carboxylic acids is 1. The summed E-state index contributed by atoms with van der Waals surface area (Å²) >= 11 is 6.21. The second-order valence-corrected chi connectivity index (χ2v) is 5.97. The van der Waals surface area contributed by atoms with Crippen LogP contribution in [-0.2, 0) is 9.53 Å². The number of halogens is 2. The summed E-state index contributed by atoms with van der Waals surface area (Å²) < 4.78 is 19.5. The molecule has 6 nitrogen and oxygen atoms in total. The lowest BCUT2D eigenvalue weighted by atomic mass is 10.0. The number of ether oxygens (including phenoxy) is 1. The molecular formula is C17H16ClFN4O2. The van der Waals surface area contributed by atoms with Crippen LogP contribution in [0.25, 0.3) is 11.3 Å². The fourth-order valence-corrected chi connectivity index (χ4v) is 3.02. The van der Waals surface area contributed by atoms with E-state index in [0.29, 0.717) is 35.9 Å². The molecule has 0 radical (unpaired) electrons. The fourth-order valence-electron chi connectivity index (χ4n) is 2.77. The number of benzene rings is 1. The number of nitrogens with two attached hydrogens (primary N) is 1. The molecule has 3 rings (SSSR count). The van der Waals surface area contributed by atoms with Gasteiger partial charge in [-0.3, -0.25) is 4.79 Å². The van der Waals surface area contributed by atoms with Crippen molar-refractivity contribution < 1.29 is 13.9 Å². The van der Waals surface area contributed by atoms with Crippen LogP contribution in [0.15, 0.2) is 37.1 Å². The lowest BCUT2D eigenvalue weighted by molar-refractivity contribution is -0.134. The Morgan fingerprint density at radius 1 is 1.48 bits per heavy atom. The minimum Gasteiger partial charge on any atom is -0.382 e. The second kappa shape index (κ2) is 7.16. The molecule has 130 valence electrons. The van der Waals surface area contributed by atoms with Gasteiger partial charge in [-0.1, -0.05) is 18.2 Å². The first-order valence-electron chi connectivity index (χ1n) is 7.59. The van der Waals surface area contributed by atoms with E-state index in [1.807, 2.05) is 0 Å². The van der Waals surface area contributed by atoms with E-state index in [-0.39, 0.29) is 23.5 Å². The van der Waals surface area contributed by atoms with Gasteiger partial charge in [-0.25, -0.2) is 9.97 Å². The van der Waals surface area contributed by atoms with Gasteiger partial charge in [0.15, 0.2) is 0 Å². The third kappa shape index (κ3) is 3.62. The van der Waals surface area contributed by atoms with Gasteiger partial charge < -0.3 is 15.4 Å². The van der Waals surface area contributed by atoms with Crippen molar-refractivity contribution in [3.8, 4) is 11.3 Å². The Morgan fingerprint density at radius 3 is 3.04 bits per heavy atom. The summed E-state index contributed by atoms with van der Waals surface area (Å²) in [7, 11) is 0. The predicted molar refractivity (Wildman–Crippen MR) is 92.3 cm³/mol. The molecule has 0 saturated carbocycles. The Kier molecular flexibility index (Phi) is 4.96. The van der Waals surface area contributed by atoms with E-state index >= 15 is 0 Å². The van der Waals surface area contributed by atoms with Crippen LogP contribution in [0.3, 0.4) is 0 Å². The predicted octanol–water partition coefficient (Wildman–Crippen LogP) is 2.60. The Labute approximate surface area is 149 Å². The minimum atomic E-state index is -0.749. The van der Waals surface area contributed by atoms with Crippen LogP contribution in [0.4, 0.5) is 10.2 Å². The summed E-state index contributed by atoms with van der Waals surface area (Å²) in [4.78, 5) is 21.3. The molecule has 1 saturated heterocycles. The highest BCUT2D eigenvalue weighted by Gasteiger charge is 2.28. The van der Waals surface area contributed by atoms with Gasteiger partial charge in [-0.15, -0.1) is 0 Å². The van der Waals surface area contributed by atoms with Crippen LogP contribution in [0.1, 0.15) is 11.6 Å². The highest BCUT2D eigenvalue weighted by atomic mass is 35.5. The van der Waals surface area contributed by atoms with Gasteiger partial charge >= 0.3 is 0 Å². The molecule has 0 unspecified atom stereocenters. The number of aromatic nitrogens is 2. The average molecular weight is 363 g/mol. The average Bonchev–Trinajstić information content (AvgIpc) is 2.62. The number of hydrogen-bond donors (Lipinski definition) is 1. The first-order chi connectivity index (χ1) is 12.0. The van der Waals surface area contributed by atoms with E-state index in [0.717, 1.165) is 6.20 Å². The van der Waals surface area contributed by atoms with Crippen molar-refractivity contribution in [2.75, 3.05) is 25.5 Å². The molecule has 1 aromatic carbocycles. The van der Waals surface area contributed by atoms with Gasteiger partial charge in [0.05, 0.1) is 25.5 Å². The van der Waals surface area contributed by atoms with E-state index in [1.54, 1.807) is 23.1 Å². The molecule has 2 heterocycles. The largest absolute Gasteiger partial charge is 0.382 e. The molecule has 8 heteroatoms. The van der Waals surface area contributed by atoms with Gasteiger partial charge in [-0.2, -0.15) is 4.39 Å². The van der Waals surface area contributed by atoms with Crippen LogP contribution in [-0.4, -0.2) is 40.5 Å². The molecule has 25 heavy (non-hydrogen) atoms. The zero-order chi connectivity index (χ0) is 18.0. The van der Waals surface area contributed by atoms with Crippen LogP contribution in [0.2, 0.25) is 5.02 Å². The van der Waals surface area contributed by atoms with Gasteiger partial charge in [0.2, 0.25) is 11.9 Å². The third-order valence-corrected chi connectivity index (χ3v) is 4.13. The Hall–Kier alpha value is -2.51. The number of anilines is 1. The topological polar surface area (TPSA) is 81.3 Å². The normalized spacial score (nSPS) is 17.4. The number of hydrogen-bond acceptors (Lipinski definition) is 5. The number of nitrogen functional groups attached to an aromatic ring is 1. The van der Waals surface area contributed by atoms with Crippen LogP contribution < -0.4 is 5.73 Å². The van der Waals surface area contributed by atoms with E-state index in [9.17, 15) is 9.18 Å². The quantitative estimate of drug-likeness (QED) is 0.849. The molecule has 1 aromatic heterocycles. The maximum atomic E-state index is 14.0. The molecule has 1 fully saturated rings. The van der Waals surface area contributed by atoms with Gasteiger partial charge in [0, 0.05) is 17.1 Å².